The maximum Gasteiger partial charge on any atom is 0.322 e. The van der Waals surface area contributed by atoms with E-state index < -0.39 is 12.5 Å². The third kappa shape index (κ3) is 4.43. The van der Waals surface area contributed by atoms with Crippen molar-refractivity contribution >= 4 is 28.9 Å². The molecule has 0 aliphatic carbocycles. The molecule has 1 aromatic carbocycles. The molecule has 5 nitrogen and oxygen atoms in total. The number of aliphatic hydroxyl groups excluding tert-OH is 1. The number of aliphatic hydroxyl groups is 1. The Morgan fingerprint density at radius 3 is 2.78 bits per heavy atom. The second-order valence-corrected chi connectivity index (χ2v) is 6.53. The van der Waals surface area contributed by atoms with Gasteiger partial charge in [0.1, 0.15) is 12.5 Å². The van der Waals surface area contributed by atoms with Crippen LogP contribution < -0.4 is 5.32 Å². The lowest BCUT2D eigenvalue weighted by Gasteiger charge is -2.27. The summed E-state index contributed by atoms with van der Waals surface area (Å²) in [5.74, 6) is -0.692. The number of hydrogen-bond donors (Lipinski definition) is 2. The lowest BCUT2D eigenvalue weighted by molar-refractivity contribution is 0.217. The van der Waals surface area contributed by atoms with Crippen LogP contribution in [0.2, 0.25) is 5.02 Å². The smallest absolute Gasteiger partial charge is 0.322 e. The average Bonchev–Trinajstić information content (AvgIpc) is 2.68. The highest BCUT2D eigenvalue weighted by Gasteiger charge is 2.20. The highest BCUT2D eigenvalue weighted by Crippen LogP contribution is 2.28. The van der Waals surface area contributed by atoms with Crippen LogP contribution in [0.1, 0.15) is 23.2 Å². The third-order valence-electron chi connectivity index (χ3n) is 4.33. The Morgan fingerprint density at radius 1 is 1.37 bits per heavy atom. The predicted molar refractivity (Wildman–Crippen MR) is 99.6 cm³/mol. The van der Waals surface area contributed by atoms with Gasteiger partial charge >= 0.3 is 6.03 Å². The fraction of sp³-hybridized carbons (Fsp3) is 0.263. The molecule has 0 spiro atoms. The molecule has 0 unspecified atom stereocenters. The summed E-state index contributed by atoms with van der Waals surface area (Å²) in [6.07, 6.45) is 3.99. The van der Waals surface area contributed by atoms with E-state index in [2.05, 4.69) is 10.3 Å². The van der Waals surface area contributed by atoms with Gasteiger partial charge in [-0.15, -0.1) is 0 Å². The average molecular weight is 394 g/mol. The predicted octanol–water partition coefficient (Wildman–Crippen LogP) is 4.16. The molecule has 0 radical (unpaired) electrons. The molecule has 0 atom stereocenters. The Kier molecular flexibility index (Phi) is 6.03. The van der Waals surface area contributed by atoms with Crippen molar-refractivity contribution in [2.24, 2.45) is 0 Å². The van der Waals surface area contributed by atoms with Crippen LogP contribution in [0.5, 0.6) is 0 Å². The van der Waals surface area contributed by atoms with Crippen LogP contribution in [0, 0.1) is 5.82 Å². The van der Waals surface area contributed by atoms with Crippen LogP contribution in [0.25, 0.3) is 5.57 Å². The van der Waals surface area contributed by atoms with E-state index in [0.717, 1.165) is 11.6 Å². The maximum atomic E-state index is 13.6. The summed E-state index contributed by atoms with van der Waals surface area (Å²) >= 11 is 6.22. The molecular weight excluding hydrogens is 376 g/mol. The number of anilines is 1. The first-order chi connectivity index (χ1) is 13.0. The third-order valence-corrected chi connectivity index (χ3v) is 4.62. The van der Waals surface area contributed by atoms with E-state index in [-0.39, 0.29) is 23.9 Å². The molecule has 0 fully saturated rings. The standard InChI is InChI=1S/C19H18ClF2N3O2/c20-16-7-12(11-26)10-23-18(16)13-3-5-25(6-4-13)19(27)24-15-2-1-14(9-21)17(22)8-15/h1-3,7-8,10,26H,4-6,9,11H2,(H,24,27). The second kappa shape index (κ2) is 8.45. The Balaban J connectivity index is 1.65. The minimum absolute atomic E-state index is 0.0462. The SMILES string of the molecule is O=C(Nc1ccc(CF)c(F)c1)N1CC=C(c2ncc(CO)cc2Cl)CC1. The number of carbonyl (C=O) groups excluding carboxylic acids is 1. The Hall–Kier alpha value is -2.51. The number of nitrogens with zero attached hydrogens (tertiary/aromatic N) is 2. The molecule has 0 bridgehead atoms. The first-order valence-electron chi connectivity index (χ1n) is 8.37. The fourth-order valence-corrected chi connectivity index (χ4v) is 3.12. The summed E-state index contributed by atoms with van der Waals surface area (Å²) in [7, 11) is 0. The van der Waals surface area contributed by atoms with Crippen LogP contribution in [0.15, 0.2) is 36.5 Å². The molecule has 1 aliphatic heterocycles. The number of hydrogen-bond acceptors (Lipinski definition) is 3. The van der Waals surface area contributed by atoms with Gasteiger partial charge in [-0.3, -0.25) is 4.98 Å². The molecule has 3 rings (SSSR count). The number of urea groups is 1. The first-order valence-corrected chi connectivity index (χ1v) is 8.74. The topological polar surface area (TPSA) is 65.5 Å². The van der Waals surface area contributed by atoms with Crippen LogP contribution in [0.3, 0.4) is 0 Å². The van der Waals surface area contributed by atoms with E-state index in [1.165, 1.54) is 12.1 Å². The summed E-state index contributed by atoms with van der Waals surface area (Å²) in [4.78, 5) is 18.2. The van der Waals surface area contributed by atoms with Gasteiger partial charge in [0, 0.05) is 30.5 Å². The Labute approximate surface area is 160 Å². The van der Waals surface area contributed by atoms with Gasteiger partial charge in [-0.25, -0.2) is 13.6 Å². The number of amides is 2. The lowest BCUT2D eigenvalue weighted by atomic mass is 10.0. The van der Waals surface area contributed by atoms with Gasteiger partial charge in [-0.1, -0.05) is 23.7 Å². The number of halogens is 3. The second-order valence-electron chi connectivity index (χ2n) is 6.13. The van der Waals surface area contributed by atoms with Crippen molar-refractivity contribution in [1.29, 1.82) is 0 Å². The molecule has 2 aromatic rings. The van der Waals surface area contributed by atoms with Gasteiger partial charge in [-0.05, 0) is 35.8 Å². The zero-order valence-electron chi connectivity index (χ0n) is 14.4. The molecule has 0 saturated heterocycles. The molecule has 1 aromatic heterocycles. The minimum Gasteiger partial charge on any atom is -0.392 e. The van der Waals surface area contributed by atoms with Crippen LogP contribution in [0.4, 0.5) is 19.3 Å². The van der Waals surface area contributed by atoms with Crippen molar-refractivity contribution in [3.8, 4) is 0 Å². The molecule has 0 saturated carbocycles. The number of aromatic nitrogens is 1. The number of nitrogens with one attached hydrogen (secondary N) is 1. The van der Waals surface area contributed by atoms with Gasteiger partial charge < -0.3 is 15.3 Å². The van der Waals surface area contributed by atoms with Gasteiger partial charge in [0.15, 0.2) is 0 Å². The highest BCUT2D eigenvalue weighted by molar-refractivity contribution is 6.32. The zero-order valence-corrected chi connectivity index (χ0v) is 15.1. The molecule has 8 heteroatoms. The van der Waals surface area contributed by atoms with Crippen LogP contribution in [-0.2, 0) is 13.3 Å². The summed E-state index contributed by atoms with van der Waals surface area (Å²) < 4.78 is 26.2. The van der Waals surface area contributed by atoms with Crippen molar-refractivity contribution < 1.29 is 18.7 Å². The Bertz CT molecular complexity index is 889. The monoisotopic (exact) mass is 393 g/mol. The van der Waals surface area contributed by atoms with Crippen molar-refractivity contribution in [3.63, 3.8) is 0 Å². The van der Waals surface area contributed by atoms with E-state index >= 15 is 0 Å². The number of pyridine rings is 1. The molecule has 2 heterocycles. The van der Waals surface area contributed by atoms with Gasteiger partial charge in [-0.2, -0.15) is 0 Å². The van der Waals surface area contributed by atoms with E-state index in [4.69, 9.17) is 16.7 Å². The molecule has 1 aliphatic rings. The molecule has 27 heavy (non-hydrogen) atoms. The lowest BCUT2D eigenvalue weighted by Crippen LogP contribution is -2.38. The normalized spacial score (nSPS) is 14.1. The summed E-state index contributed by atoms with van der Waals surface area (Å²) in [6.45, 7) is -0.225. The van der Waals surface area contributed by atoms with E-state index in [0.29, 0.717) is 35.8 Å². The maximum absolute atomic E-state index is 13.6. The van der Waals surface area contributed by atoms with E-state index in [1.807, 2.05) is 6.08 Å². The number of alkyl halides is 1. The van der Waals surface area contributed by atoms with Crippen LogP contribution in [-0.4, -0.2) is 34.1 Å². The Morgan fingerprint density at radius 2 is 2.19 bits per heavy atom. The summed E-state index contributed by atoms with van der Waals surface area (Å²) in [5.41, 5.74) is 2.42. The van der Waals surface area contributed by atoms with Crippen molar-refractivity contribution in [2.75, 3.05) is 18.4 Å². The zero-order chi connectivity index (χ0) is 19.4. The molecular formula is C19H18ClF2N3O2. The summed E-state index contributed by atoms with van der Waals surface area (Å²) in [6, 6.07) is 5.17. The van der Waals surface area contributed by atoms with Gasteiger partial charge in [0.05, 0.1) is 17.3 Å². The van der Waals surface area contributed by atoms with E-state index in [9.17, 15) is 13.6 Å². The number of benzene rings is 1. The molecule has 142 valence electrons. The van der Waals surface area contributed by atoms with Crippen LogP contribution >= 0.6 is 11.6 Å². The number of rotatable bonds is 4. The summed E-state index contributed by atoms with van der Waals surface area (Å²) in [5, 5.41) is 12.2. The van der Waals surface area contributed by atoms with Crippen molar-refractivity contribution in [2.45, 2.75) is 19.7 Å². The van der Waals surface area contributed by atoms with Crippen molar-refractivity contribution in [3.05, 3.63) is 64.2 Å². The van der Waals surface area contributed by atoms with Gasteiger partial charge in [0.25, 0.3) is 0 Å². The quantitative estimate of drug-likeness (QED) is 0.819. The van der Waals surface area contributed by atoms with Crippen molar-refractivity contribution in [1.82, 2.24) is 9.88 Å². The molecule has 2 N–H and O–H groups in total. The number of carbonyl (C=O) groups is 1. The first kappa shape index (κ1) is 19.3. The largest absolute Gasteiger partial charge is 0.392 e. The highest BCUT2D eigenvalue weighted by atomic mass is 35.5. The van der Waals surface area contributed by atoms with E-state index in [1.54, 1.807) is 17.2 Å². The minimum atomic E-state index is -0.893. The van der Waals surface area contributed by atoms with Gasteiger partial charge in [0.2, 0.25) is 0 Å². The fourth-order valence-electron chi connectivity index (χ4n) is 2.80. The molecule has 2 amide bonds.